The van der Waals surface area contributed by atoms with Crippen molar-refractivity contribution in [3.63, 3.8) is 0 Å². The van der Waals surface area contributed by atoms with Crippen LogP contribution in [0.25, 0.3) is 0 Å². The molecular weight excluding hydrogens is 339 g/mol. The third-order valence-electron chi connectivity index (χ3n) is 2.73. The van der Waals surface area contributed by atoms with Crippen LogP contribution < -0.4 is 10.1 Å². The van der Waals surface area contributed by atoms with E-state index in [2.05, 4.69) is 40.3 Å². The Balaban J connectivity index is 1.85. The van der Waals surface area contributed by atoms with Crippen LogP contribution in [0, 0.1) is 11.7 Å². The van der Waals surface area contributed by atoms with Gasteiger partial charge in [0.05, 0.1) is 10.2 Å². The Hall–Kier alpha value is -1.40. The van der Waals surface area contributed by atoms with E-state index in [4.69, 9.17) is 9.26 Å². The summed E-state index contributed by atoms with van der Waals surface area (Å²) in [5, 5.41) is 7.26. The summed E-state index contributed by atoms with van der Waals surface area (Å²) in [5.41, 5.74) is 0.840. The maximum absolute atomic E-state index is 13.0. The molecule has 0 bridgehead atoms. The van der Waals surface area contributed by atoms with Gasteiger partial charge in [0, 0.05) is 12.6 Å². The standard InChI is InChI=1S/C15H18BrFN2O2/c1-10(2)7-18-8-12-6-13(21-19-12)9-20-15-4-3-11(17)5-14(15)16/h3-6,10,18H,7-9H2,1-2H3. The SMILES string of the molecule is CC(C)CNCc1cc(COc2ccc(F)cc2Br)on1. The number of nitrogens with zero attached hydrogens (tertiary/aromatic N) is 1. The predicted octanol–water partition coefficient (Wildman–Crippen LogP) is 3.90. The number of halogens is 2. The number of hydrogen-bond donors (Lipinski definition) is 1. The lowest BCUT2D eigenvalue weighted by Gasteiger charge is -2.05. The van der Waals surface area contributed by atoms with Crippen molar-refractivity contribution in [2.45, 2.75) is 27.0 Å². The van der Waals surface area contributed by atoms with Gasteiger partial charge in [-0.15, -0.1) is 0 Å². The highest BCUT2D eigenvalue weighted by Crippen LogP contribution is 2.26. The van der Waals surface area contributed by atoms with Gasteiger partial charge in [-0.3, -0.25) is 0 Å². The molecule has 1 heterocycles. The van der Waals surface area contributed by atoms with Gasteiger partial charge in [-0.1, -0.05) is 19.0 Å². The van der Waals surface area contributed by atoms with Gasteiger partial charge < -0.3 is 14.6 Å². The van der Waals surface area contributed by atoms with Crippen LogP contribution in [0.3, 0.4) is 0 Å². The summed E-state index contributed by atoms with van der Waals surface area (Å²) in [6.45, 7) is 6.15. The fraction of sp³-hybridized carbons (Fsp3) is 0.400. The minimum absolute atomic E-state index is 0.251. The van der Waals surface area contributed by atoms with E-state index < -0.39 is 0 Å². The highest BCUT2D eigenvalue weighted by Gasteiger charge is 2.07. The topological polar surface area (TPSA) is 47.3 Å². The van der Waals surface area contributed by atoms with E-state index in [0.29, 0.717) is 28.4 Å². The quantitative estimate of drug-likeness (QED) is 0.817. The molecule has 6 heteroatoms. The molecule has 0 amide bonds. The van der Waals surface area contributed by atoms with Crippen molar-refractivity contribution in [3.8, 4) is 5.75 Å². The molecule has 0 saturated heterocycles. The van der Waals surface area contributed by atoms with Gasteiger partial charge in [-0.05, 0) is 46.6 Å². The maximum atomic E-state index is 13.0. The molecule has 0 aliphatic carbocycles. The highest BCUT2D eigenvalue weighted by molar-refractivity contribution is 9.10. The molecule has 0 aliphatic rings. The molecule has 0 unspecified atom stereocenters. The van der Waals surface area contributed by atoms with E-state index in [0.717, 1.165) is 12.2 Å². The lowest BCUT2D eigenvalue weighted by Crippen LogP contribution is -2.19. The second-order valence-electron chi connectivity index (χ2n) is 5.17. The molecule has 21 heavy (non-hydrogen) atoms. The molecule has 2 rings (SSSR count). The summed E-state index contributed by atoms with van der Waals surface area (Å²) in [4.78, 5) is 0. The first kappa shape index (κ1) is 16.0. The summed E-state index contributed by atoms with van der Waals surface area (Å²) >= 11 is 3.25. The Morgan fingerprint density at radius 1 is 1.38 bits per heavy atom. The summed E-state index contributed by atoms with van der Waals surface area (Å²) < 4.78 is 24.3. The Morgan fingerprint density at radius 3 is 2.90 bits per heavy atom. The summed E-state index contributed by atoms with van der Waals surface area (Å²) in [6, 6.07) is 6.13. The average Bonchev–Trinajstić information content (AvgIpc) is 2.85. The van der Waals surface area contributed by atoms with E-state index in [-0.39, 0.29) is 12.4 Å². The predicted molar refractivity (Wildman–Crippen MR) is 81.5 cm³/mol. The normalized spacial score (nSPS) is 11.1. The van der Waals surface area contributed by atoms with E-state index in [1.54, 1.807) is 6.07 Å². The fourth-order valence-electron chi connectivity index (χ4n) is 1.74. The molecule has 114 valence electrons. The van der Waals surface area contributed by atoms with Crippen molar-refractivity contribution in [2.24, 2.45) is 5.92 Å². The summed E-state index contributed by atoms with van der Waals surface area (Å²) in [6.07, 6.45) is 0. The van der Waals surface area contributed by atoms with Crippen molar-refractivity contribution in [3.05, 3.63) is 46.0 Å². The van der Waals surface area contributed by atoms with Gasteiger partial charge in [0.1, 0.15) is 18.2 Å². The number of nitrogens with one attached hydrogen (secondary N) is 1. The van der Waals surface area contributed by atoms with Crippen molar-refractivity contribution < 1.29 is 13.7 Å². The Labute approximate surface area is 131 Å². The van der Waals surface area contributed by atoms with Gasteiger partial charge in [0.25, 0.3) is 0 Å². The fourth-order valence-corrected chi connectivity index (χ4v) is 2.20. The van der Waals surface area contributed by atoms with Crippen LogP contribution in [0.2, 0.25) is 0 Å². The summed E-state index contributed by atoms with van der Waals surface area (Å²) in [5.74, 6) is 1.47. The van der Waals surface area contributed by atoms with Crippen LogP contribution >= 0.6 is 15.9 Å². The first-order valence-corrected chi connectivity index (χ1v) is 7.57. The zero-order valence-electron chi connectivity index (χ0n) is 12.0. The van der Waals surface area contributed by atoms with Crippen molar-refractivity contribution in [1.29, 1.82) is 0 Å². The van der Waals surface area contributed by atoms with E-state index in [9.17, 15) is 4.39 Å². The number of benzene rings is 1. The van der Waals surface area contributed by atoms with Gasteiger partial charge in [-0.25, -0.2) is 4.39 Å². The molecule has 4 nitrogen and oxygen atoms in total. The smallest absolute Gasteiger partial charge is 0.174 e. The molecule has 0 atom stereocenters. The van der Waals surface area contributed by atoms with Crippen LogP contribution in [0.1, 0.15) is 25.3 Å². The lowest BCUT2D eigenvalue weighted by atomic mass is 10.2. The third-order valence-corrected chi connectivity index (χ3v) is 3.35. The minimum atomic E-state index is -0.313. The Morgan fingerprint density at radius 2 is 2.19 bits per heavy atom. The van der Waals surface area contributed by atoms with Gasteiger partial charge in [0.15, 0.2) is 5.76 Å². The average molecular weight is 357 g/mol. The molecular formula is C15H18BrFN2O2. The second-order valence-corrected chi connectivity index (χ2v) is 6.03. The van der Waals surface area contributed by atoms with Crippen LogP contribution in [0.5, 0.6) is 5.75 Å². The molecule has 0 aliphatic heterocycles. The van der Waals surface area contributed by atoms with E-state index >= 15 is 0 Å². The molecule has 1 aromatic carbocycles. The van der Waals surface area contributed by atoms with E-state index in [1.807, 2.05) is 6.07 Å². The van der Waals surface area contributed by atoms with Gasteiger partial charge >= 0.3 is 0 Å². The van der Waals surface area contributed by atoms with Gasteiger partial charge in [0.2, 0.25) is 0 Å². The third kappa shape index (κ3) is 5.13. The molecule has 0 radical (unpaired) electrons. The van der Waals surface area contributed by atoms with Crippen LogP contribution in [0.15, 0.2) is 33.3 Å². The van der Waals surface area contributed by atoms with Crippen molar-refractivity contribution in [2.75, 3.05) is 6.54 Å². The number of ether oxygens (including phenoxy) is 1. The van der Waals surface area contributed by atoms with Crippen LogP contribution in [-0.4, -0.2) is 11.7 Å². The number of hydrogen-bond acceptors (Lipinski definition) is 4. The largest absolute Gasteiger partial charge is 0.484 e. The lowest BCUT2D eigenvalue weighted by molar-refractivity contribution is 0.247. The first-order valence-electron chi connectivity index (χ1n) is 6.77. The molecule has 1 N–H and O–H groups in total. The Kier molecular flexibility index (Phi) is 5.76. The second kappa shape index (κ2) is 7.56. The monoisotopic (exact) mass is 356 g/mol. The van der Waals surface area contributed by atoms with Crippen LogP contribution in [0.4, 0.5) is 4.39 Å². The van der Waals surface area contributed by atoms with E-state index in [1.165, 1.54) is 12.1 Å². The first-order chi connectivity index (χ1) is 10.0. The molecule has 0 fully saturated rings. The molecule has 2 aromatic rings. The maximum Gasteiger partial charge on any atom is 0.174 e. The van der Waals surface area contributed by atoms with Crippen molar-refractivity contribution in [1.82, 2.24) is 10.5 Å². The number of rotatable bonds is 7. The minimum Gasteiger partial charge on any atom is -0.484 e. The van der Waals surface area contributed by atoms with Crippen LogP contribution in [-0.2, 0) is 13.2 Å². The van der Waals surface area contributed by atoms with Gasteiger partial charge in [-0.2, -0.15) is 0 Å². The Bertz CT molecular complexity index is 587. The summed E-state index contributed by atoms with van der Waals surface area (Å²) in [7, 11) is 0. The molecule has 1 aromatic heterocycles. The zero-order valence-corrected chi connectivity index (χ0v) is 13.6. The zero-order chi connectivity index (χ0) is 15.2. The molecule has 0 saturated carbocycles. The van der Waals surface area contributed by atoms with Crippen molar-refractivity contribution >= 4 is 15.9 Å². The number of aromatic nitrogens is 1. The molecule has 0 spiro atoms. The highest BCUT2D eigenvalue weighted by atomic mass is 79.9.